The second-order valence-corrected chi connectivity index (χ2v) is 10.2. The topological polar surface area (TPSA) is 72.9 Å². The van der Waals surface area contributed by atoms with Gasteiger partial charge in [0.1, 0.15) is 6.61 Å². The lowest BCUT2D eigenvalue weighted by molar-refractivity contribution is 0.0474. The maximum Gasteiger partial charge on any atom is 0.338 e. The van der Waals surface area contributed by atoms with E-state index in [2.05, 4.69) is 15.9 Å². The van der Waals surface area contributed by atoms with Crippen LogP contribution in [0.1, 0.15) is 15.9 Å². The van der Waals surface area contributed by atoms with E-state index in [1.54, 1.807) is 23.5 Å². The first-order valence-corrected chi connectivity index (χ1v) is 12.1. The summed E-state index contributed by atoms with van der Waals surface area (Å²) in [7, 11) is -3.74. The zero-order valence-electron chi connectivity index (χ0n) is 15.3. The van der Waals surface area contributed by atoms with Crippen LogP contribution in [-0.2, 0) is 26.1 Å². The Morgan fingerprint density at radius 2 is 1.93 bits per heavy atom. The molecule has 0 atom stereocenters. The van der Waals surface area contributed by atoms with Gasteiger partial charge in [-0.3, -0.25) is 0 Å². The number of hydrogen-bond donors (Lipinski definition) is 0. The van der Waals surface area contributed by atoms with Crippen LogP contribution in [0, 0.1) is 0 Å². The number of carbonyl (C=O) groups is 1. The van der Waals surface area contributed by atoms with Gasteiger partial charge >= 0.3 is 5.97 Å². The third-order valence-corrected chi connectivity index (χ3v) is 8.58. The normalized spacial score (nSPS) is 15.5. The summed E-state index contributed by atoms with van der Waals surface area (Å²) in [5.74, 6) is -0.564. The van der Waals surface area contributed by atoms with Crippen LogP contribution in [-0.4, -0.2) is 45.0 Å². The van der Waals surface area contributed by atoms with Crippen molar-refractivity contribution < 1.29 is 22.7 Å². The van der Waals surface area contributed by atoms with Gasteiger partial charge in [-0.2, -0.15) is 4.31 Å². The fourth-order valence-corrected chi connectivity index (χ4v) is 6.43. The largest absolute Gasteiger partial charge is 0.457 e. The van der Waals surface area contributed by atoms with Crippen LogP contribution in [0.15, 0.2) is 57.2 Å². The molecule has 0 aliphatic carbocycles. The van der Waals surface area contributed by atoms with Crippen molar-refractivity contribution in [1.82, 2.24) is 4.31 Å². The molecule has 1 aliphatic rings. The Kier molecular flexibility index (Phi) is 6.03. The standard InChI is InChI=1S/C20H18BrNO5S2/c21-17-6-5-14(11-19(17)29(24,25)22-7-9-26-10-8-22)20(23)27-12-15-13-28-18-4-2-1-3-16(15)18/h1-6,11,13H,7-10,12H2. The first-order chi connectivity index (χ1) is 14.0. The van der Waals surface area contributed by atoms with Crippen LogP contribution in [0.4, 0.5) is 0 Å². The molecule has 1 aromatic heterocycles. The smallest absolute Gasteiger partial charge is 0.338 e. The second kappa shape index (κ2) is 8.53. The fourth-order valence-electron chi connectivity index (χ4n) is 3.13. The number of carbonyl (C=O) groups excluding carboxylic acids is 1. The molecule has 0 amide bonds. The van der Waals surface area contributed by atoms with E-state index in [0.29, 0.717) is 17.7 Å². The molecule has 1 saturated heterocycles. The molecule has 9 heteroatoms. The summed E-state index contributed by atoms with van der Waals surface area (Å²) in [5, 5.41) is 3.02. The van der Waals surface area contributed by atoms with Gasteiger partial charge < -0.3 is 9.47 Å². The number of rotatable bonds is 5. The van der Waals surface area contributed by atoms with E-state index in [1.807, 2.05) is 29.6 Å². The average Bonchev–Trinajstić information content (AvgIpc) is 3.16. The highest BCUT2D eigenvalue weighted by molar-refractivity contribution is 9.10. The van der Waals surface area contributed by atoms with E-state index >= 15 is 0 Å². The Morgan fingerprint density at radius 3 is 2.72 bits per heavy atom. The average molecular weight is 496 g/mol. The summed E-state index contributed by atoms with van der Waals surface area (Å²) in [4.78, 5) is 12.6. The lowest BCUT2D eigenvalue weighted by Gasteiger charge is -2.26. The van der Waals surface area contributed by atoms with Crippen LogP contribution in [0.25, 0.3) is 10.1 Å². The number of morpholine rings is 1. The third-order valence-electron chi connectivity index (χ3n) is 4.67. The zero-order chi connectivity index (χ0) is 20.4. The lowest BCUT2D eigenvalue weighted by atomic mass is 10.2. The van der Waals surface area contributed by atoms with Crippen LogP contribution in [0.2, 0.25) is 0 Å². The van der Waals surface area contributed by atoms with Crippen molar-refractivity contribution in [1.29, 1.82) is 0 Å². The molecule has 0 bridgehead atoms. The van der Waals surface area contributed by atoms with Crippen molar-refractivity contribution in [2.24, 2.45) is 0 Å². The highest BCUT2D eigenvalue weighted by Crippen LogP contribution is 2.28. The second-order valence-electron chi connectivity index (χ2n) is 6.49. The van der Waals surface area contributed by atoms with Crippen molar-refractivity contribution in [2.75, 3.05) is 26.3 Å². The number of sulfonamides is 1. The van der Waals surface area contributed by atoms with Crippen molar-refractivity contribution in [3.8, 4) is 0 Å². The first kappa shape index (κ1) is 20.5. The Labute approximate surface area is 181 Å². The van der Waals surface area contributed by atoms with Gasteiger partial charge in [0.05, 0.1) is 23.7 Å². The first-order valence-electron chi connectivity index (χ1n) is 8.96. The van der Waals surface area contributed by atoms with E-state index in [0.717, 1.165) is 15.6 Å². The Morgan fingerprint density at radius 1 is 1.17 bits per heavy atom. The number of fused-ring (bicyclic) bond motifs is 1. The van der Waals surface area contributed by atoms with Gasteiger partial charge in [-0.1, -0.05) is 18.2 Å². The Hall–Kier alpha value is -1.78. The maximum absolute atomic E-state index is 13.0. The van der Waals surface area contributed by atoms with Gasteiger partial charge in [-0.05, 0) is 51.0 Å². The molecule has 6 nitrogen and oxygen atoms in total. The molecule has 3 aromatic rings. The molecule has 0 spiro atoms. The monoisotopic (exact) mass is 495 g/mol. The molecule has 0 N–H and O–H groups in total. The van der Waals surface area contributed by atoms with Crippen LogP contribution in [0.3, 0.4) is 0 Å². The SMILES string of the molecule is O=C(OCc1csc2ccccc12)c1ccc(Br)c(S(=O)(=O)N2CCOCC2)c1. The Balaban J connectivity index is 1.54. The van der Waals surface area contributed by atoms with Crippen LogP contribution in [0.5, 0.6) is 0 Å². The highest BCUT2D eigenvalue weighted by atomic mass is 79.9. The molecule has 152 valence electrons. The van der Waals surface area contributed by atoms with E-state index in [1.165, 1.54) is 10.4 Å². The number of benzene rings is 2. The molecule has 2 heterocycles. The summed E-state index contributed by atoms with van der Waals surface area (Å²) in [5.41, 5.74) is 1.12. The number of hydrogen-bond acceptors (Lipinski definition) is 6. The predicted molar refractivity (Wildman–Crippen MR) is 115 cm³/mol. The summed E-state index contributed by atoms with van der Waals surface area (Å²) >= 11 is 4.88. The van der Waals surface area contributed by atoms with Gasteiger partial charge in [0.25, 0.3) is 0 Å². The van der Waals surface area contributed by atoms with Gasteiger partial charge in [0.15, 0.2) is 0 Å². The number of thiophene rings is 1. The summed E-state index contributed by atoms with van der Waals surface area (Å²) in [6.45, 7) is 1.41. The quantitative estimate of drug-likeness (QED) is 0.499. The molecule has 4 rings (SSSR count). The van der Waals surface area contributed by atoms with Gasteiger partial charge in [-0.25, -0.2) is 13.2 Å². The minimum atomic E-state index is -3.74. The molecule has 0 radical (unpaired) electrons. The molecule has 1 aliphatic heterocycles. The van der Waals surface area contributed by atoms with Crippen molar-refractivity contribution >= 4 is 53.3 Å². The van der Waals surface area contributed by atoms with E-state index in [-0.39, 0.29) is 30.2 Å². The molecule has 0 unspecified atom stereocenters. The van der Waals surface area contributed by atoms with E-state index < -0.39 is 16.0 Å². The van der Waals surface area contributed by atoms with Gasteiger partial charge in [0.2, 0.25) is 10.0 Å². The molecular weight excluding hydrogens is 478 g/mol. The van der Waals surface area contributed by atoms with Crippen LogP contribution < -0.4 is 0 Å². The van der Waals surface area contributed by atoms with Gasteiger partial charge in [0, 0.05) is 27.8 Å². The Bertz CT molecular complexity index is 1150. The highest BCUT2D eigenvalue weighted by Gasteiger charge is 2.29. The van der Waals surface area contributed by atoms with Crippen molar-refractivity contribution in [2.45, 2.75) is 11.5 Å². The van der Waals surface area contributed by atoms with Crippen molar-refractivity contribution in [3.05, 3.63) is 63.4 Å². The maximum atomic E-state index is 13.0. The number of nitrogens with zero attached hydrogens (tertiary/aromatic N) is 1. The molecule has 29 heavy (non-hydrogen) atoms. The van der Waals surface area contributed by atoms with Gasteiger partial charge in [-0.15, -0.1) is 11.3 Å². The number of esters is 1. The van der Waals surface area contributed by atoms with E-state index in [4.69, 9.17) is 9.47 Å². The summed E-state index contributed by atoms with van der Waals surface area (Å²) < 4.78 is 39.5. The fraction of sp³-hybridized carbons (Fsp3) is 0.250. The summed E-state index contributed by atoms with van der Waals surface area (Å²) in [6, 6.07) is 12.4. The third kappa shape index (κ3) is 4.24. The minimum Gasteiger partial charge on any atom is -0.457 e. The minimum absolute atomic E-state index is 0.0508. The molecule has 2 aromatic carbocycles. The van der Waals surface area contributed by atoms with Crippen molar-refractivity contribution in [3.63, 3.8) is 0 Å². The molecule has 0 saturated carbocycles. The predicted octanol–water partition coefficient (Wildman–Crippen LogP) is 4.04. The molecule has 1 fully saturated rings. The van der Waals surface area contributed by atoms with E-state index in [9.17, 15) is 13.2 Å². The molecular formula is C20H18BrNO5S2. The number of halogens is 1. The summed E-state index contributed by atoms with van der Waals surface area (Å²) in [6.07, 6.45) is 0. The zero-order valence-corrected chi connectivity index (χ0v) is 18.6. The van der Waals surface area contributed by atoms with Crippen LogP contribution >= 0.6 is 27.3 Å². The number of ether oxygens (including phenoxy) is 2. The lowest BCUT2D eigenvalue weighted by Crippen LogP contribution is -2.40.